The van der Waals surface area contributed by atoms with Crippen LogP contribution in [0.15, 0.2) is 41.4 Å². The van der Waals surface area contributed by atoms with Gasteiger partial charge >= 0.3 is 0 Å². The maximum Gasteiger partial charge on any atom is 0.164 e. The number of benzene rings is 2. The van der Waals surface area contributed by atoms with Crippen LogP contribution in [0.25, 0.3) is 0 Å². The summed E-state index contributed by atoms with van der Waals surface area (Å²) in [6, 6.07) is 10.1. The summed E-state index contributed by atoms with van der Waals surface area (Å²) in [5, 5.41) is 1.17. The molecule has 2 aromatic rings. The van der Waals surface area contributed by atoms with Crippen molar-refractivity contribution in [1.82, 2.24) is 0 Å². The van der Waals surface area contributed by atoms with Gasteiger partial charge in [0.2, 0.25) is 0 Å². The minimum atomic E-state index is -3.09. The van der Waals surface area contributed by atoms with E-state index in [9.17, 15) is 12.8 Å². The van der Waals surface area contributed by atoms with Crippen molar-refractivity contribution < 1.29 is 12.8 Å². The quantitative estimate of drug-likeness (QED) is 0.713. The maximum absolute atomic E-state index is 13.3. The van der Waals surface area contributed by atoms with Gasteiger partial charge in [0.1, 0.15) is 5.82 Å². The fourth-order valence-electron chi connectivity index (χ4n) is 3.59. The highest BCUT2D eigenvalue weighted by Crippen LogP contribution is 2.37. The van der Waals surface area contributed by atoms with E-state index in [0.29, 0.717) is 10.8 Å². The van der Waals surface area contributed by atoms with Crippen LogP contribution in [-0.2, 0) is 15.6 Å². The smallest absolute Gasteiger partial charge is 0.164 e. The van der Waals surface area contributed by atoms with E-state index in [4.69, 9.17) is 16.6 Å². The molecular formula is C20H20ClFN2O2S2. The number of amidine groups is 1. The number of sulfone groups is 1. The van der Waals surface area contributed by atoms with Gasteiger partial charge in [-0.1, -0.05) is 35.5 Å². The molecule has 4 rings (SSSR count). The first-order valence-corrected chi connectivity index (χ1v) is 12.1. The molecule has 2 atom stereocenters. The summed E-state index contributed by atoms with van der Waals surface area (Å²) in [4.78, 5) is 6.77. The molecule has 2 aromatic carbocycles. The minimum absolute atomic E-state index is 0.0837. The SMILES string of the molecule is Cc1ccc(N2C(SCc3ccc(F)cc3Cl)=N[C@@H]3CS(=O)(=O)C[C@H]32)cc1C. The van der Waals surface area contributed by atoms with Crippen LogP contribution in [0.1, 0.15) is 16.7 Å². The Labute approximate surface area is 173 Å². The first-order valence-electron chi connectivity index (χ1n) is 8.95. The number of rotatable bonds is 3. The number of hydrogen-bond donors (Lipinski definition) is 0. The number of aliphatic imine (C=N–C) groups is 1. The van der Waals surface area contributed by atoms with Gasteiger partial charge in [-0.25, -0.2) is 12.8 Å². The zero-order valence-electron chi connectivity index (χ0n) is 15.5. The van der Waals surface area contributed by atoms with Gasteiger partial charge in [0.25, 0.3) is 0 Å². The lowest BCUT2D eigenvalue weighted by Gasteiger charge is -2.27. The zero-order valence-corrected chi connectivity index (χ0v) is 17.9. The molecule has 0 bridgehead atoms. The standard InChI is InChI=1S/C20H20ClFN2O2S2/c1-12-3-6-16(7-13(12)2)24-19-11-28(25,26)10-18(19)23-20(24)27-9-14-4-5-15(22)8-17(14)21/h3-8,18-19H,9-11H2,1-2H3/t18-,19-/m1/s1. The van der Waals surface area contributed by atoms with Gasteiger partial charge in [-0.2, -0.15) is 0 Å². The number of hydrogen-bond acceptors (Lipinski definition) is 5. The highest BCUT2D eigenvalue weighted by Gasteiger charge is 2.47. The molecule has 2 aliphatic rings. The normalized spacial score (nSPS) is 23.0. The molecule has 0 unspecified atom stereocenters. The van der Waals surface area contributed by atoms with Crippen molar-refractivity contribution in [2.45, 2.75) is 31.7 Å². The van der Waals surface area contributed by atoms with Crippen LogP contribution in [0, 0.1) is 19.7 Å². The van der Waals surface area contributed by atoms with E-state index >= 15 is 0 Å². The lowest BCUT2D eigenvalue weighted by molar-refractivity contribution is 0.601. The van der Waals surface area contributed by atoms with Crippen molar-refractivity contribution in [2.24, 2.45) is 4.99 Å². The summed E-state index contributed by atoms with van der Waals surface area (Å²) >= 11 is 7.65. The first kappa shape index (κ1) is 19.7. The van der Waals surface area contributed by atoms with Crippen molar-refractivity contribution in [3.05, 3.63) is 63.9 Å². The summed E-state index contributed by atoms with van der Waals surface area (Å²) in [5.74, 6) is 0.356. The van der Waals surface area contributed by atoms with Crippen LogP contribution in [0.3, 0.4) is 0 Å². The van der Waals surface area contributed by atoms with Crippen LogP contribution in [0.4, 0.5) is 10.1 Å². The third-order valence-corrected chi connectivity index (χ3v) is 8.31. The second-order valence-electron chi connectivity index (χ2n) is 7.29. The van der Waals surface area contributed by atoms with Gasteiger partial charge in [-0.3, -0.25) is 4.99 Å². The number of fused-ring (bicyclic) bond motifs is 1. The average molecular weight is 439 g/mol. The molecular weight excluding hydrogens is 419 g/mol. The summed E-state index contributed by atoms with van der Waals surface area (Å²) in [5.41, 5.74) is 4.10. The Balaban J connectivity index is 1.64. The second-order valence-corrected chi connectivity index (χ2v) is 10.8. The molecule has 0 aromatic heterocycles. The molecule has 1 fully saturated rings. The Hall–Kier alpha value is -1.57. The summed E-state index contributed by atoms with van der Waals surface area (Å²) in [6.45, 7) is 4.09. The molecule has 0 aliphatic carbocycles. The van der Waals surface area contributed by atoms with E-state index in [2.05, 4.69) is 6.07 Å². The van der Waals surface area contributed by atoms with Gasteiger partial charge < -0.3 is 4.90 Å². The van der Waals surface area contributed by atoms with Gasteiger partial charge in [0.05, 0.1) is 23.6 Å². The first-order chi connectivity index (χ1) is 13.2. The molecule has 28 heavy (non-hydrogen) atoms. The molecule has 8 heteroatoms. The lowest BCUT2D eigenvalue weighted by Crippen LogP contribution is -2.39. The third kappa shape index (κ3) is 3.80. The molecule has 0 saturated carbocycles. The summed E-state index contributed by atoms with van der Waals surface area (Å²) < 4.78 is 37.6. The van der Waals surface area contributed by atoms with Crippen LogP contribution in [0.2, 0.25) is 5.02 Å². The van der Waals surface area contributed by atoms with E-state index in [1.165, 1.54) is 29.5 Å². The predicted molar refractivity (Wildman–Crippen MR) is 115 cm³/mol. The number of nitrogens with zero attached hydrogens (tertiary/aromatic N) is 2. The largest absolute Gasteiger partial charge is 0.315 e. The van der Waals surface area contributed by atoms with E-state index < -0.39 is 9.84 Å². The number of anilines is 1. The molecule has 0 N–H and O–H groups in total. The highest BCUT2D eigenvalue weighted by molar-refractivity contribution is 8.13. The van der Waals surface area contributed by atoms with Gasteiger partial charge in [-0.05, 0) is 54.8 Å². The lowest BCUT2D eigenvalue weighted by atomic mass is 10.1. The van der Waals surface area contributed by atoms with Crippen LogP contribution in [-0.4, -0.2) is 37.2 Å². The van der Waals surface area contributed by atoms with Gasteiger partial charge in [0.15, 0.2) is 15.0 Å². The van der Waals surface area contributed by atoms with Crippen LogP contribution in [0.5, 0.6) is 0 Å². The van der Waals surface area contributed by atoms with Crippen molar-refractivity contribution >= 4 is 44.1 Å². The topological polar surface area (TPSA) is 49.7 Å². The van der Waals surface area contributed by atoms with E-state index in [1.54, 1.807) is 6.07 Å². The number of aryl methyl sites for hydroxylation is 2. The van der Waals surface area contributed by atoms with Crippen molar-refractivity contribution in [2.75, 3.05) is 16.4 Å². The molecule has 4 nitrogen and oxygen atoms in total. The molecule has 2 aliphatic heterocycles. The monoisotopic (exact) mass is 438 g/mol. The van der Waals surface area contributed by atoms with Crippen molar-refractivity contribution in [3.8, 4) is 0 Å². The molecule has 148 valence electrons. The average Bonchev–Trinajstić information content (AvgIpc) is 3.08. The van der Waals surface area contributed by atoms with E-state index in [0.717, 1.165) is 22.0 Å². The third-order valence-electron chi connectivity index (χ3n) is 5.25. The highest BCUT2D eigenvalue weighted by atomic mass is 35.5. The zero-order chi connectivity index (χ0) is 20.1. The Kier molecular flexibility index (Phi) is 5.18. The van der Waals surface area contributed by atoms with Crippen LogP contribution < -0.4 is 4.90 Å². The summed E-state index contributed by atoms with van der Waals surface area (Å²) in [7, 11) is -3.09. The van der Waals surface area contributed by atoms with Gasteiger partial charge in [0, 0.05) is 16.5 Å². The molecule has 0 spiro atoms. The van der Waals surface area contributed by atoms with Crippen LogP contribution >= 0.6 is 23.4 Å². The number of halogens is 2. The Bertz CT molecular complexity index is 1070. The molecule has 0 amide bonds. The van der Waals surface area contributed by atoms with Crippen molar-refractivity contribution in [1.29, 1.82) is 0 Å². The number of thioether (sulfide) groups is 1. The Morgan fingerprint density at radius 2 is 1.96 bits per heavy atom. The molecule has 2 heterocycles. The fraction of sp³-hybridized carbons (Fsp3) is 0.350. The molecule has 0 radical (unpaired) electrons. The molecule has 1 saturated heterocycles. The van der Waals surface area contributed by atoms with Gasteiger partial charge in [-0.15, -0.1) is 0 Å². The van der Waals surface area contributed by atoms with Crippen molar-refractivity contribution in [3.63, 3.8) is 0 Å². The second kappa shape index (κ2) is 7.35. The van der Waals surface area contributed by atoms with E-state index in [1.807, 2.05) is 30.9 Å². The Morgan fingerprint density at radius 3 is 2.68 bits per heavy atom. The fourth-order valence-corrected chi connectivity index (χ4v) is 6.88. The predicted octanol–water partition coefficient (Wildman–Crippen LogP) is 4.37. The maximum atomic E-state index is 13.3. The van der Waals surface area contributed by atoms with E-state index in [-0.39, 0.29) is 29.4 Å². The summed E-state index contributed by atoms with van der Waals surface area (Å²) in [6.07, 6.45) is 0. The minimum Gasteiger partial charge on any atom is -0.315 e. The Morgan fingerprint density at radius 1 is 1.18 bits per heavy atom.